The minimum absolute atomic E-state index is 0.0457. The van der Waals surface area contributed by atoms with Crippen molar-refractivity contribution in [2.45, 2.75) is 4.90 Å². The Balaban J connectivity index is 3.04. The number of hydrogen-bond donors (Lipinski definition) is 2. The molecule has 6 nitrogen and oxygen atoms in total. The van der Waals surface area contributed by atoms with E-state index in [-0.39, 0.29) is 11.0 Å². The van der Waals surface area contributed by atoms with E-state index in [9.17, 15) is 13.2 Å². The molecule has 0 spiro atoms. The summed E-state index contributed by atoms with van der Waals surface area (Å²) in [5.41, 5.74) is 4.56. The van der Waals surface area contributed by atoms with Crippen LogP contribution in [0.2, 0.25) is 0 Å². The van der Waals surface area contributed by atoms with Gasteiger partial charge in [-0.05, 0) is 12.1 Å². The Labute approximate surface area is 90.0 Å². The second-order valence-electron chi connectivity index (χ2n) is 3.10. The van der Waals surface area contributed by atoms with Crippen molar-refractivity contribution in [3.05, 3.63) is 34.5 Å². The Hall–Kier alpha value is -1.86. The van der Waals surface area contributed by atoms with Crippen molar-refractivity contribution in [1.82, 2.24) is 0 Å². The SMILES string of the molecule is Nc1oc2ccccc2c(=O)c1S(=O)(=O)O. The van der Waals surface area contributed by atoms with Crippen LogP contribution in [-0.2, 0) is 10.1 Å². The summed E-state index contributed by atoms with van der Waals surface area (Å²) < 4.78 is 35.6. The van der Waals surface area contributed by atoms with Crippen LogP contribution in [0.25, 0.3) is 11.0 Å². The predicted octanol–water partition coefficient (Wildman–Crippen LogP) is 0.622. The van der Waals surface area contributed by atoms with Gasteiger partial charge >= 0.3 is 10.1 Å². The molecule has 0 atom stereocenters. The lowest BCUT2D eigenvalue weighted by Gasteiger charge is -2.02. The molecule has 0 radical (unpaired) electrons. The minimum atomic E-state index is -4.69. The van der Waals surface area contributed by atoms with Crippen LogP contribution < -0.4 is 11.2 Å². The van der Waals surface area contributed by atoms with E-state index in [0.717, 1.165) is 0 Å². The molecule has 0 fully saturated rings. The van der Waals surface area contributed by atoms with Gasteiger partial charge in [0.05, 0.1) is 5.39 Å². The van der Waals surface area contributed by atoms with Crippen molar-refractivity contribution >= 4 is 27.0 Å². The third-order valence-corrected chi connectivity index (χ3v) is 2.94. The van der Waals surface area contributed by atoms with Crippen LogP contribution in [0.5, 0.6) is 0 Å². The molecule has 0 aliphatic heterocycles. The fraction of sp³-hybridized carbons (Fsp3) is 0. The monoisotopic (exact) mass is 241 g/mol. The molecule has 1 aromatic carbocycles. The van der Waals surface area contributed by atoms with Crippen LogP contribution >= 0.6 is 0 Å². The highest BCUT2D eigenvalue weighted by atomic mass is 32.2. The molecule has 2 rings (SSSR count). The second-order valence-corrected chi connectivity index (χ2v) is 4.45. The first kappa shape index (κ1) is 10.7. The third kappa shape index (κ3) is 1.55. The average molecular weight is 241 g/mol. The molecular weight excluding hydrogens is 234 g/mol. The van der Waals surface area contributed by atoms with Gasteiger partial charge in [0.1, 0.15) is 5.58 Å². The first-order valence-corrected chi connectivity index (χ1v) is 5.64. The molecule has 0 aliphatic rings. The molecular formula is C9H7NO5S. The molecule has 0 saturated heterocycles. The number of benzene rings is 1. The Morgan fingerprint density at radius 2 is 1.88 bits per heavy atom. The summed E-state index contributed by atoms with van der Waals surface area (Å²) in [4.78, 5) is 10.8. The number of fused-ring (bicyclic) bond motifs is 1. The molecule has 7 heteroatoms. The first-order valence-electron chi connectivity index (χ1n) is 4.20. The van der Waals surface area contributed by atoms with E-state index in [2.05, 4.69) is 0 Å². The van der Waals surface area contributed by atoms with Crippen LogP contribution in [0.1, 0.15) is 0 Å². The zero-order valence-corrected chi connectivity index (χ0v) is 8.69. The standard InChI is InChI=1S/C9H7NO5S/c10-9-8(16(12,13)14)7(11)5-3-1-2-4-6(5)15-9/h1-4H,10H2,(H,12,13,14). The van der Waals surface area contributed by atoms with Gasteiger partial charge in [0.15, 0.2) is 0 Å². The van der Waals surface area contributed by atoms with Gasteiger partial charge in [0, 0.05) is 0 Å². The molecule has 0 saturated carbocycles. The van der Waals surface area contributed by atoms with Crippen molar-refractivity contribution in [2.24, 2.45) is 0 Å². The maximum Gasteiger partial charge on any atom is 0.303 e. The highest BCUT2D eigenvalue weighted by Gasteiger charge is 2.22. The molecule has 0 aliphatic carbocycles. The van der Waals surface area contributed by atoms with E-state index in [0.29, 0.717) is 0 Å². The van der Waals surface area contributed by atoms with E-state index in [1.165, 1.54) is 12.1 Å². The van der Waals surface area contributed by atoms with Gasteiger partial charge in [-0.3, -0.25) is 9.35 Å². The van der Waals surface area contributed by atoms with Crippen molar-refractivity contribution in [3.8, 4) is 0 Å². The molecule has 16 heavy (non-hydrogen) atoms. The summed E-state index contributed by atoms with van der Waals surface area (Å²) in [5, 5.41) is 0.0457. The number of rotatable bonds is 1. The van der Waals surface area contributed by atoms with Crippen molar-refractivity contribution in [3.63, 3.8) is 0 Å². The number of nitrogen functional groups attached to an aromatic ring is 1. The van der Waals surface area contributed by atoms with Crippen LogP contribution in [0.15, 0.2) is 38.4 Å². The van der Waals surface area contributed by atoms with E-state index < -0.39 is 26.3 Å². The number of nitrogens with two attached hydrogens (primary N) is 1. The average Bonchev–Trinajstić information content (AvgIpc) is 2.15. The van der Waals surface area contributed by atoms with E-state index in [1.54, 1.807) is 12.1 Å². The molecule has 0 amide bonds. The second kappa shape index (κ2) is 3.32. The van der Waals surface area contributed by atoms with E-state index in [1.807, 2.05) is 0 Å². The number of hydrogen-bond acceptors (Lipinski definition) is 5. The summed E-state index contributed by atoms with van der Waals surface area (Å²) in [6, 6.07) is 6.01. The Morgan fingerprint density at radius 3 is 2.50 bits per heavy atom. The maximum absolute atomic E-state index is 11.7. The quantitative estimate of drug-likeness (QED) is 0.708. The van der Waals surface area contributed by atoms with E-state index in [4.69, 9.17) is 14.7 Å². The topological polar surface area (TPSA) is 111 Å². The van der Waals surface area contributed by atoms with Crippen molar-refractivity contribution in [1.29, 1.82) is 0 Å². The van der Waals surface area contributed by atoms with Gasteiger partial charge in [-0.2, -0.15) is 8.42 Å². The summed E-state index contributed by atoms with van der Waals surface area (Å²) in [6.07, 6.45) is 0. The number of para-hydroxylation sites is 1. The lowest BCUT2D eigenvalue weighted by atomic mass is 10.2. The van der Waals surface area contributed by atoms with Crippen LogP contribution in [-0.4, -0.2) is 13.0 Å². The van der Waals surface area contributed by atoms with E-state index >= 15 is 0 Å². The lowest BCUT2D eigenvalue weighted by Crippen LogP contribution is -2.17. The van der Waals surface area contributed by atoms with Gasteiger partial charge in [-0.1, -0.05) is 12.1 Å². The predicted molar refractivity (Wildman–Crippen MR) is 56.7 cm³/mol. The van der Waals surface area contributed by atoms with Gasteiger partial charge in [-0.15, -0.1) is 0 Å². The summed E-state index contributed by atoms with van der Waals surface area (Å²) in [7, 11) is -4.69. The lowest BCUT2D eigenvalue weighted by molar-refractivity contribution is 0.478. The van der Waals surface area contributed by atoms with Crippen LogP contribution in [0.3, 0.4) is 0 Å². The molecule has 2 aromatic rings. The van der Waals surface area contributed by atoms with Gasteiger partial charge in [-0.25, -0.2) is 0 Å². The zero-order valence-electron chi connectivity index (χ0n) is 7.88. The van der Waals surface area contributed by atoms with Gasteiger partial charge in [0.2, 0.25) is 16.2 Å². The van der Waals surface area contributed by atoms with Crippen LogP contribution in [0, 0.1) is 0 Å². The number of anilines is 1. The van der Waals surface area contributed by atoms with Gasteiger partial charge < -0.3 is 10.2 Å². The zero-order chi connectivity index (χ0) is 11.9. The molecule has 3 N–H and O–H groups in total. The van der Waals surface area contributed by atoms with Crippen LogP contribution in [0.4, 0.5) is 5.88 Å². The normalized spacial score (nSPS) is 11.8. The molecule has 1 aromatic heterocycles. The summed E-state index contributed by atoms with van der Waals surface area (Å²) in [5.74, 6) is -0.619. The highest BCUT2D eigenvalue weighted by Crippen LogP contribution is 2.20. The molecule has 84 valence electrons. The minimum Gasteiger partial charge on any atom is -0.439 e. The Bertz CT molecular complexity index is 716. The third-order valence-electron chi connectivity index (χ3n) is 2.04. The fourth-order valence-corrected chi connectivity index (χ4v) is 2.03. The molecule has 0 bridgehead atoms. The Kier molecular flexibility index (Phi) is 2.21. The summed E-state index contributed by atoms with van der Waals surface area (Å²) in [6.45, 7) is 0. The molecule has 1 heterocycles. The highest BCUT2D eigenvalue weighted by molar-refractivity contribution is 7.86. The maximum atomic E-state index is 11.7. The Morgan fingerprint density at radius 1 is 1.25 bits per heavy atom. The fourth-order valence-electron chi connectivity index (χ4n) is 1.39. The first-order chi connectivity index (χ1) is 7.41. The van der Waals surface area contributed by atoms with Gasteiger partial charge in [0.25, 0.3) is 0 Å². The van der Waals surface area contributed by atoms with Crippen molar-refractivity contribution in [2.75, 3.05) is 5.73 Å². The summed E-state index contributed by atoms with van der Waals surface area (Å²) >= 11 is 0. The smallest absolute Gasteiger partial charge is 0.303 e. The largest absolute Gasteiger partial charge is 0.439 e. The van der Waals surface area contributed by atoms with Crippen molar-refractivity contribution < 1.29 is 17.4 Å². The molecule has 0 unspecified atom stereocenters.